The Balaban J connectivity index is 1.98. The van der Waals surface area contributed by atoms with Crippen LogP contribution in [0.3, 0.4) is 0 Å². The van der Waals surface area contributed by atoms with Crippen molar-refractivity contribution < 1.29 is 19.2 Å². The number of para-hydroxylation sites is 2. The number of carbonyl (C=O) groups excluding carboxylic acids is 2. The molecule has 0 atom stereocenters. The highest BCUT2D eigenvalue weighted by atomic mass is 16.6. The van der Waals surface area contributed by atoms with Crippen molar-refractivity contribution in [1.82, 2.24) is 0 Å². The minimum atomic E-state index is -0.651. The molecule has 24 heavy (non-hydrogen) atoms. The first kappa shape index (κ1) is 17.1. The van der Waals surface area contributed by atoms with Gasteiger partial charge in [0.15, 0.2) is 6.61 Å². The van der Waals surface area contributed by atoms with Gasteiger partial charge in [-0.3, -0.25) is 14.9 Å². The zero-order valence-corrected chi connectivity index (χ0v) is 13.2. The van der Waals surface area contributed by atoms with Gasteiger partial charge in [0.25, 0.3) is 11.6 Å². The molecular weight excluding hydrogens is 312 g/mol. The van der Waals surface area contributed by atoms with Gasteiger partial charge in [-0.1, -0.05) is 29.3 Å². The molecule has 7 nitrogen and oxygen atoms in total. The molecule has 0 heterocycles. The molecule has 0 unspecified atom stereocenters. The van der Waals surface area contributed by atoms with Crippen molar-refractivity contribution in [3.05, 3.63) is 69.3 Å². The molecule has 0 aromatic heterocycles. The van der Waals surface area contributed by atoms with Crippen LogP contribution in [0.2, 0.25) is 0 Å². The lowest BCUT2D eigenvalue weighted by Crippen LogP contribution is -2.21. The molecule has 0 saturated heterocycles. The summed E-state index contributed by atoms with van der Waals surface area (Å²) in [4.78, 5) is 34.1. The van der Waals surface area contributed by atoms with Gasteiger partial charge in [-0.25, -0.2) is 4.79 Å². The number of nitro benzene ring substituents is 1. The van der Waals surface area contributed by atoms with E-state index in [0.29, 0.717) is 5.56 Å². The van der Waals surface area contributed by atoms with Crippen molar-refractivity contribution in [3.8, 4) is 0 Å². The second-order valence-electron chi connectivity index (χ2n) is 5.27. The van der Waals surface area contributed by atoms with E-state index in [4.69, 9.17) is 4.74 Å². The van der Waals surface area contributed by atoms with Gasteiger partial charge in [0.05, 0.1) is 10.5 Å². The zero-order chi connectivity index (χ0) is 17.7. The molecule has 0 bridgehead atoms. The highest BCUT2D eigenvalue weighted by Crippen LogP contribution is 2.22. The Hall–Kier alpha value is -3.22. The minimum absolute atomic E-state index is 0.0509. The van der Waals surface area contributed by atoms with Crippen LogP contribution in [-0.4, -0.2) is 23.4 Å². The van der Waals surface area contributed by atoms with Gasteiger partial charge in [-0.2, -0.15) is 0 Å². The SMILES string of the molecule is Cc1cc(C)cc(C(=O)OCC(=O)Nc2ccccc2[N+](=O)[O-])c1. The first-order valence-electron chi connectivity index (χ1n) is 7.15. The number of hydrogen-bond donors (Lipinski definition) is 1. The van der Waals surface area contributed by atoms with Gasteiger partial charge in [0.2, 0.25) is 0 Å². The Morgan fingerprint density at radius 2 is 1.75 bits per heavy atom. The summed E-state index contributed by atoms with van der Waals surface area (Å²) in [5.74, 6) is -1.28. The Labute approximate surface area is 138 Å². The third-order valence-corrected chi connectivity index (χ3v) is 3.17. The number of esters is 1. The van der Waals surface area contributed by atoms with Crippen molar-refractivity contribution in [3.63, 3.8) is 0 Å². The highest BCUT2D eigenvalue weighted by molar-refractivity contribution is 5.96. The van der Waals surface area contributed by atoms with E-state index in [1.54, 1.807) is 18.2 Å². The van der Waals surface area contributed by atoms with Gasteiger partial charge in [0, 0.05) is 6.07 Å². The Kier molecular flexibility index (Phi) is 5.26. The summed E-state index contributed by atoms with van der Waals surface area (Å²) in [5.41, 5.74) is 1.99. The zero-order valence-electron chi connectivity index (χ0n) is 13.2. The molecule has 0 saturated carbocycles. The van der Waals surface area contributed by atoms with Gasteiger partial charge in [-0.15, -0.1) is 0 Å². The molecule has 0 aliphatic carbocycles. The molecule has 0 spiro atoms. The molecule has 7 heteroatoms. The van der Waals surface area contributed by atoms with Crippen LogP contribution in [0.1, 0.15) is 21.5 Å². The van der Waals surface area contributed by atoms with E-state index in [2.05, 4.69) is 5.32 Å². The normalized spacial score (nSPS) is 10.1. The van der Waals surface area contributed by atoms with E-state index >= 15 is 0 Å². The quantitative estimate of drug-likeness (QED) is 0.517. The lowest BCUT2D eigenvalue weighted by Gasteiger charge is -2.08. The fourth-order valence-electron chi connectivity index (χ4n) is 2.23. The Morgan fingerprint density at radius 1 is 1.12 bits per heavy atom. The van der Waals surface area contributed by atoms with Crippen molar-refractivity contribution in [2.45, 2.75) is 13.8 Å². The standard InChI is InChI=1S/C17H16N2O5/c1-11-7-12(2)9-13(8-11)17(21)24-10-16(20)18-14-5-3-4-6-15(14)19(22)23/h3-9H,10H2,1-2H3,(H,18,20). The molecular formula is C17H16N2O5. The maximum absolute atomic E-state index is 12.0. The lowest BCUT2D eigenvalue weighted by atomic mass is 10.1. The number of carbonyl (C=O) groups is 2. The summed E-state index contributed by atoms with van der Waals surface area (Å²) < 4.78 is 4.95. The fraction of sp³-hybridized carbons (Fsp3) is 0.176. The predicted octanol–water partition coefficient (Wildman–Crippen LogP) is 3.01. The largest absolute Gasteiger partial charge is 0.452 e. The summed E-state index contributed by atoms with van der Waals surface area (Å²) in [6.07, 6.45) is 0. The highest BCUT2D eigenvalue weighted by Gasteiger charge is 2.16. The molecule has 0 fully saturated rings. The van der Waals surface area contributed by atoms with E-state index < -0.39 is 23.4 Å². The molecule has 0 aliphatic rings. The number of nitrogens with one attached hydrogen (secondary N) is 1. The number of nitro groups is 1. The van der Waals surface area contributed by atoms with Crippen LogP contribution >= 0.6 is 0 Å². The number of ether oxygens (including phenoxy) is 1. The van der Waals surface area contributed by atoms with E-state index in [-0.39, 0.29) is 11.4 Å². The maximum Gasteiger partial charge on any atom is 0.338 e. The Bertz CT molecular complexity index is 781. The summed E-state index contributed by atoms with van der Waals surface area (Å²) in [6, 6.07) is 11.0. The van der Waals surface area contributed by atoms with Crippen molar-refractivity contribution in [1.29, 1.82) is 0 Å². The minimum Gasteiger partial charge on any atom is -0.452 e. The van der Waals surface area contributed by atoms with Crippen LogP contribution in [0.4, 0.5) is 11.4 Å². The third kappa shape index (κ3) is 4.39. The van der Waals surface area contributed by atoms with Crippen LogP contribution in [0.25, 0.3) is 0 Å². The number of hydrogen-bond acceptors (Lipinski definition) is 5. The number of anilines is 1. The molecule has 0 aliphatic heterocycles. The number of rotatable bonds is 5. The van der Waals surface area contributed by atoms with Crippen LogP contribution in [0.15, 0.2) is 42.5 Å². The van der Waals surface area contributed by atoms with Gasteiger partial charge in [0.1, 0.15) is 5.69 Å². The number of benzene rings is 2. The molecule has 1 N–H and O–H groups in total. The number of aryl methyl sites for hydroxylation is 2. The second-order valence-corrected chi connectivity index (χ2v) is 5.27. The van der Waals surface area contributed by atoms with Crippen LogP contribution in [0.5, 0.6) is 0 Å². The summed E-state index contributed by atoms with van der Waals surface area (Å²) in [7, 11) is 0. The second kappa shape index (κ2) is 7.36. The smallest absolute Gasteiger partial charge is 0.338 e. The van der Waals surface area contributed by atoms with Gasteiger partial charge < -0.3 is 10.1 Å². The monoisotopic (exact) mass is 328 g/mol. The fourth-order valence-corrected chi connectivity index (χ4v) is 2.23. The molecule has 1 amide bonds. The first-order valence-corrected chi connectivity index (χ1v) is 7.15. The average molecular weight is 328 g/mol. The van der Waals surface area contributed by atoms with Crippen molar-refractivity contribution in [2.75, 3.05) is 11.9 Å². The molecule has 2 aromatic carbocycles. The van der Waals surface area contributed by atoms with Gasteiger partial charge in [-0.05, 0) is 32.0 Å². The van der Waals surface area contributed by atoms with E-state index in [9.17, 15) is 19.7 Å². The van der Waals surface area contributed by atoms with Crippen molar-refractivity contribution >= 4 is 23.3 Å². The third-order valence-electron chi connectivity index (χ3n) is 3.17. The number of nitrogens with zero attached hydrogens (tertiary/aromatic N) is 1. The summed E-state index contributed by atoms with van der Waals surface area (Å²) in [6.45, 7) is 3.17. The van der Waals surface area contributed by atoms with Crippen LogP contribution in [-0.2, 0) is 9.53 Å². The summed E-state index contributed by atoms with van der Waals surface area (Å²) in [5, 5.41) is 13.3. The topological polar surface area (TPSA) is 98.5 Å². The van der Waals surface area contributed by atoms with Gasteiger partial charge >= 0.3 is 5.97 Å². The Morgan fingerprint density at radius 3 is 2.38 bits per heavy atom. The summed E-state index contributed by atoms with van der Waals surface area (Å²) >= 11 is 0. The van der Waals surface area contributed by atoms with E-state index in [1.165, 1.54) is 18.2 Å². The van der Waals surface area contributed by atoms with Crippen molar-refractivity contribution in [2.24, 2.45) is 0 Å². The van der Waals surface area contributed by atoms with Crippen LogP contribution < -0.4 is 5.32 Å². The lowest BCUT2D eigenvalue weighted by molar-refractivity contribution is -0.383. The molecule has 0 radical (unpaired) electrons. The van der Waals surface area contributed by atoms with E-state index in [0.717, 1.165) is 11.1 Å². The maximum atomic E-state index is 12.0. The predicted molar refractivity (Wildman–Crippen MR) is 87.9 cm³/mol. The average Bonchev–Trinajstić information content (AvgIpc) is 2.52. The molecule has 2 aromatic rings. The van der Waals surface area contributed by atoms with Crippen LogP contribution in [0, 0.1) is 24.0 Å². The number of amides is 1. The van der Waals surface area contributed by atoms with E-state index in [1.807, 2.05) is 19.9 Å². The molecule has 2 rings (SSSR count). The molecule has 124 valence electrons. The first-order chi connectivity index (χ1) is 11.4.